The molecule has 0 fully saturated rings. The standard InChI is InChI=1S/C22H27NO3/c1-22(2,3)26-21(24)20(23)18-11-16-9-10-19(13-17(16)12-18)25-14-15-7-5-4-6-8-15/h4-10,13,18,20H,11-12,14,23H2,1-3H3. The summed E-state index contributed by atoms with van der Waals surface area (Å²) in [7, 11) is 0. The molecule has 1 aliphatic rings. The van der Waals surface area contributed by atoms with Crippen LogP contribution in [0.25, 0.3) is 0 Å². The fourth-order valence-corrected chi connectivity index (χ4v) is 3.28. The molecule has 2 atom stereocenters. The van der Waals surface area contributed by atoms with Crippen LogP contribution in [0.15, 0.2) is 48.5 Å². The highest BCUT2D eigenvalue weighted by atomic mass is 16.6. The number of fused-ring (bicyclic) bond motifs is 1. The van der Waals surface area contributed by atoms with Crippen LogP contribution in [0.2, 0.25) is 0 Å². The summed E-state index contributed by atoms with van der Waals surface area (Å²) in [4.78, 5) is 12.3. The molecule has 0 amide bonds. The van der Waals surface area contributed by atoms with Crippen molar-refractivity contribution < 1.29 is 14.3 Å². The van der Waals surface area contributed by atoms with Gasteiger partial charge in [0.05, 0.1) is 0 Å². The highest BCUT2D eigenvalue weighted by Crippen LogP contribution is 2.32. The van der Waals surface area contributed by atoms with Gasteiger partial charge < -0.3 is 15.2 Å². The molecule has 138 valence electrons. The summed E-state index contributed by atoms with van der Waals surface area (Å²) in [5.41, 5.74) is 9.24. The first kappa shape index (κ1) is 18.5. The average Bonchev–Trinajstić information content (AvgIpc) is 3.02. The molecule has 0 spiro atoms. The molecule has 4 heteroatoms. The van der Waals surface area contributed by atoms with Crippen LogP contribution in [0, 0.1) is 5.92 Å². The lowest BCUT2D eigenvalue weighted by Crippen LogP contribution is -2.42. The van der Waals surface area contributed by atoms with Crippen molar-refractivity contribution in [2.45, 2.75) is 51.9 Å². The number of nitrogens with two attached hydrogens (primary N) is 1. The van der Waals surface area contributed by atoms with Crippen LogP contribution < -0.4 is 10.5 Å². The molecule has 4 nitrogen and oxygen atoms in total. The quantitative estimate of drug-likeness (QED) is 0.834. The minimum Gasteiger partial charge on any atom is -0.489 e. The fraction of sp³-hybridized carbons (Fsp3) is 0.409. The van der Waals surface area contributed by atoms with Crippen molar-refractivity contribution in [2.75, 3.05) is 0 Å². The third-order valence-corrected chi connectivity index (χ3v) is 4.58. The Balaban J connectivity index is 1.61. The summed E-state index contributed by atoms with van der Waals surface area (Å²) < 4.78 is 11.3. The van der Waals surface area contributed by atoms with E-state index in [0.717, 1.165) is 24.2 Å². The minimum absolute atomic E-state index is 0.0734. The fourth-order valence-electron chi connectivity index (χ4n) is 3.28. The highest BCUT2D eigenvalue weighted by molar-refractivity contribution is 5.76. The number of esters is 1. The van der Waals surface area contributed by atoms with E-state index >= 15 is 0 Å². The monoisotopic (exact) mass is 353 g/mol. The minimum atomic E-state index is -0.602. The van der Waals surface area contributed by atoms with Gasteiger partial charge in [0.25, 0.3) is 0 Å². The van der Waals surface area contributed by atoms with Crippen molar-refractivity contribution in [3.63, 3.8) is 0 Å². The van der Waals surface area contributed by atoms with E-state index in [1.807, 2.05) is 57.2 Å². The normalized spacial score (nSPS) is 17.5. The highest BCUT2D eigenvalue weighted by Gasteiger charge is 2.33. The summed E-state index contributed by atoms with van der Waals surface area (Å²) in [6, 6.07) is 15.6. The molecule has 26 heavy (non-hydrogen) atoms. The van der Waals surface area contributed by atoms with Gasteiger partial charge in [-0.15, -0.1) is 0 Å². The maximum atomic E-state index is 12.3. The second kappa shape index (κ2) is 7.50. The van der Waals surface area contributed by atoms with Crippen LogP contribution in [0.1, 0.15) is 37.5 Å². The van der Waals surface area contributed by atoms with Crippen molar-refractivity contribution in [1.29, 1.82) is 0 Å². The number of carbonyl (C=O) groups is 1. The molecule has 1 aliphatic carbocycles. The van der Waals surface area contributed by atoms with E-state index in [1.165, 1.54) is 11.1 Å². The number of benzene rings is 2. The number of hydrogen-bond acceptors (Lipinski definition) is 4. The van der Waals surface area contributed by atoms with Crippen molar-refractivity contribution >= 4 is 5.97 Å². The Morgan fingerprint density at radius 2 is 1.81 bits per heavy atom. The van der Waals surface area contributed by atoms with Crippen molar-refractivity contribution in [3.05, 3.63) is 65.2 Å². The van der Waals surface area contributed by atoms with Gasteiger partial charge >= 0.3 is 5.97 Å². The topological polar surface area (TPSA) is 61.5 Å². The Kier molecular flexibility index (Phi) is 5.33. The third-order valence-electron chi connectivity index (χ3n) is 4.58. The molecular weight excluding hydrogens is 326 g/mol. The van der Waals surface area contributed by atoms with Crippen LogP contribution in [-0.4, -0.2) is 17.6 Å². The lowest BCUT2D eigenvalue weighted by molar-refractivity contribution is -0.157. The van der Waals surface area contributed by atoms with E-state index in [2.05, 4.69) is 12.1 Å². The van der Waals surface area contributed by atoms with E-state index < -0.39 is 11.6 Å². The molecule has 2 unspecified atom stereocenters. The van der Waals surface area contributed by atoms with Gasteiger partial charge in [-0.1, -0.05) is 36.4 Å². The van der Waals surface area contributed by atoms with Gasteiger partial charge in [0.15, 0.2) is 0 Å². The molecule has 0 aliphatic heterocycles. The Hall–Kier alpha value is -2.33. The Morgan fingerprint density at radius 3 is 2.50 bits per heavy atom. The summed E-state index contributed by atoms with van der Waals surface area (Å²) in [6.45, 7) is 6.12. The van der Waals surface area contributed by atoms with Crippen molar-refractivity contribution in [2.24, 2.45) is 11.7 Å². The van der Waals surface area contributed by atoms with Gasteiger partial charge in [-0.05, 0) is 68.4 Å². The molecule has 3 rings (SSSR count). The van der Waals surface area contributed by atoms with Gasteiger partial charge in [-0.25, -0.2) is 0 Å². The van der Waals surface area contributed by atoms with Gasteiger partial charge in [0, 0.05) is 0 Å². The number of hydrogen-bond donors (Lipinski definition) is 1. The molecule has 2 aromatic rings. The molecule has 0 bridgehead atoms. The van der Waals surface area contributed by atoms with Crippen molar-refractivity contribution in [3.8, 4) is 5.75 Å². The predicted molar refractivity (Wildman–Crippen MR) is 102 cm³/mol. The van der Waals surface area contributed by atoms with Crippen LogP contribution in [0.4, 0.5) is 0 Å². The molecule has 0 aromatic heterocycles. The van der Waals surface area contributed by atoms with E-state index in [0.29, 0.717) is 6.61 Å². The van der Waals surface area contributed by atoms with E-state index in [1.54, 1.807) is 0 Å². The van der Waals surface area contributed by atoms with Crippen LogP contribution >= 0.6 is 0 Å². The number of ether oxygens (including phenoxy) is 2. The van der Waals surface area contributed by atoms with Gasteiger partial charge in [-0.3, -0.25) is 4.79 Å². The number of carbonyl (C=O) groups excluding carboxylic acids is 1. The second-order valence-corrected chi connectivity index (χ2v) is 7.93. The van der Waals surface area contributed by atoms with Gasteiger partial charge in [-0.2, -0.15) is 0 Å². The van der Waals surface area contributed by atoms with Crippen molar-refractivity contribution in [1.82, 2.24) is 0 Å². The van der Waals surface area contributed by atoms with Gasteiger partial charge in [0.2, 0.25) is 0 Å². The summed E-state index contributed by atoms with van der Waals surface area (Å²) in [6.07, 6.45) is 1.58. The van der Waals surface area contributed by atoms with Gasteiger partial charge in [0.1, 0.15) is 24.0 Å². The largest absolute Gasteiger partial charge is 0.489 e. The Bertz CT molecular complexity index is 765. The maximum Gasteiger partial charge on any atom is 0.323 e. The first-order valence-corrected chi connectivity index (χ1v) is 9.09. The predicted octanol–water partition coefficient (Wildman–Crippen LogP) is 3.65. The lowest BCUT2D eigenvalue weighted by atomic mass is 9.97. The molecular formula is C22H27NO3. The second-order valence-electron chi connectivity index (χ2n) is 7.93. The van der Waals surface area contributed by atoms with E-state index in [4.69, 9.17) is 15.2 Å². The first-order valence-electron chi connectivity index (χ1n) is 9.09. The average molecular weight is 353 g/mol. The Morgan fingerprint density at radius 1 is 1.12 bits per heavy atom. The maximum absolute atomic E-state index is 12.3. The van der Waals surface area contributed by atoms with Crippen LogP contribution in [0.3, 0.4) is 0 Å². The first-order chi connectivity index (χ1) is 12.3. The smallest absolute Gasteiger partial charge is 0.323 e. The van der Waals surface area contributed by atoms with Crippen LogP contribution in [-0.2, 0) is 29.0 Å². The summed E-state index contributed by atoms with van der Waals surface area (Å²) in [5.74, 6) is 0.596. The zero-order valence-corrected chi connectivity index (χ0v) is 15.7. The SMILES string of the molecule is CC(C)(C)OC(=O)C(N)C1Cc2ccc(OCc3ccccc3)cc2C1. The Labute approximate surface area is 155 Å². The summed E-state index contributed by atoms with van der Waals surface area (Å²) in [5, 5.41) is 0. The lowest BCUT2D eigenvalue weighted by Gasteiger charge is -2.24. The van der Waals surface area contributed by atoms with Crippen LogP contribution in [0.5, 0.6) is 5.75 Å². The van der Waals surface area contributed by atoms with E-state index in [-0.39, 0.29) is 11.9 Å². The molecule has 0 heterocycles. The zero-order chi connectivity index (χ0) is 18.7. The zero-order valence-electron chi connectivity index (χ0n) is 15.7. The summed E-state index contributed by atoms with van der Waals surface area (Å²) >= 11 is 0. The number of rotatable bonds is 5. The third kappa shape index (κ3) is 4.64. The molecule has 0 radical (unpaired) electrons. The van der Waals surface area contributed by atoms with E-state index in [9.17, 15) is 4.79 Å². The molecule has 2 aromatic carbocycles. The molecule has 2 N–H and O–H groups in total. The molecule has 0 saturated carbocycles. The molecule has 0 saturated heterocycles.